The highest BCUT2D eigenvalue weighted by Crippen LogP contribution is 2.24. The van der Waals surface area contributed by atoms with Gasteiger partial charge >= 0.3 is 5.76 Å². The summed E-state index contributed by atoms with van der Waals surface area (Å²) in [6, 6.07) is 2.76. The van der Waals surface area contributed by atoms with Crippen molar-refractivity contribution in [2.45, 2.75) is 26.8 Å². The largest absolute Gasteiger partial charge is 0.417 e. The number of nitrogens with one attached hydrogen (secondary N) is 3. The summed E-state index contributed by atoms with van der Waals surface area (Å²) in [6.45, 7) is 6.42. The number of oxazole rings is 1. The first-order valence-corrected chi connectivity index (χ1v) is 6.83. The van der Waals surface area contributed by atoms with Gasteiger partial charge in [-0.2, -0.15) is 0 Å². The normalized spacial score (nSPS) is 12.6. The summed E-state index contributed by atoms with van der Waals surface area (Å²) in [6.07, 6.45) is 0. The van der Waals surface area contributed by atoms with Gasteiger partial charge in [0.15, 0.2) is 5.58 Å². The molecular weight excluding hydrogens is 272 g/mol. The number of benzene rings is 1. The first kappa shape index (κ1) is 15.0. The molecule has 0 radical (unpaired) electrons. The summed E-state index contributed by atoms with van der Waals surface area (Å²) in [5, 5.41) is 5.88. The molecule has 0 saturated heterocycles. The summed E-state index contributed by atoms with van der Waals surface area (Å²) in [5.74, 6) is -0.258. The Balaban J connectivity index is 2.13. The standard InChI is InChI=1S/C14H20N4O3/c1-7(2)6-16-13(19)8(3)17-10-5-11-12(4-9(10)15)21-14(20)18-11/h4-5,7-8,17H,6,15H2,1-3H3,(H,16,19)(H,18,20). The number of rotatable bonds is 5. The number of hydrogen-bond acceptors (Lipinski definition) is 5. The minimum atomic E-state index is -0.538. The molecule has 0 bridgehead atoms. The third-order valence-corrected chi connectivity index (χ3v) is 3.04. The molecule has 0 aliphatic heterocycles. The molecule has 1 aromatic carbocycles. The van der Waals surface area contributed by atoms with E-state index in [1.807, 2.05) is 13.8 Å². The van der Waals surface area contributed by atoms with Crippen molar-refractivity contribution < 1.29 is 9.21 Å². The van der Waals surface area contributed by atoms with Crippen molar-refractivity contribution in [2.75, 3.05) is 17.6 Å². The quantitative estimate of drug-likeness (QED) is 0.620. The topological polar surface area (TPSA) is 113 Å². The number of amides is 1. The fraction of sp³-hybridized carbons (Fsp3) is 0.429. The van der Waals surface area contributed by atoms with Crippen molar-refractivity contribution in [2.24, 2.45) is 5.92 Å². The van der Waals surface area contributed by atoms with Gasteiger partial charge in [0.1, 0.15) is 6.04 Å². The van der Waals surface area contributed by atoms with Crippen molar-refractivity contribution in [3.8, 4) is 0 Å². The van der Waals surface area contributed by atoms with E-state index in [1.54, 1.807) is 19.1 Å². The Bertz CT molecular complexity index is 702. The van der Waals surface area contributed by atoms with Gasteiger partial charge in [0, 0.05) is 12.6 Å². The van der Waals surface area contributed by atoms with Crippen LogP contribution in [-0.2, 0) is 4.79 Å². The van der Waals surface area contributed by atoms with Gasteiger partial charge in [0.25, 0.3) is 0 Å². The van der Waals surface area contributed by atoms with E-state index in [0.717, 1.165) is 0 Å². The van der Waals surface area contributed by atoms with Crippen molar-refractivity contribution >= 4 is 28.4 Å². The zero-order valence-corrected chi connectivity index (χ0v) is 12.3. The minimum absolute atomic E-state index is 0.108. The molecule has 1 aromatic heterocycles. The van der Waals surface area contributed by atoms with E-state index < -0.39 is 11.8 Å². The molecule has 5 N–H and O–H groups in total. The van der Waals surface area contributed by atoms with Crippen molar-refractivity contribution in [1.82, 2.24) is 10.3 Å². The van der Waals surface area contributed by atoms with Crippen LogP contribution in [0, 0.1) is 5.92 Å². The lowest BCUT2D eigenvalue weighted by molar-refractivity contribution is -0.121. The van der Waals surface area contributed by atoms with E-state index in [0.29, 0.717) is 34.9 Å². The Morgan fingerprint density at radius 2 is 2.10 bits per heavy atom. The molecule has 7 nitrogen and oxygen atoms in total. The molecule has 2 aromatic rings. The summed E-state index contributed by atoms with van der Waals surface area (Å²) in [4.78, 5) is 25.6. The molecule has 0 spiro atoms. The van der Waals surface area contributed by atoms with Gasteiger partial charge in [-0.05, 0) is 18.9 Å². The number of aromatic amines is 1. The first-order valence-electron chi connectivity index (χ1n) is 6.83. The van der Waals surface area contributed by atoms with Crippen LogP contribution in [-0.4, -0.2) is 23.5 Å². The zero-order valence-electron chi connectivity index (χ0n) is 12.3. The van der Waals surface area contributed by atoms with Crippen LogP contribution < -0.4 is 22.1 Å². The molecular formula is C14H20N4O3. The first-order chi connectivity index (χ1) is 9.86. The summed E-state index contributed by atoms with van der Waals surface area (Å²) < 4.78 is 4.92. The van der Waals surface area contributed by atoms with Crippen molar-refractivity contribution in [1.29, 1.82) is 0 Å². The lowest BCUT2D eigenvalue weighted by Crippen LogP contribution is -2.39. The van der Waals surface area contributed by atoms with E-state index in [-0.39, 0.29) is 5.91 Å². The maximum absolute atomic E-state index is 11.9. The number of nitrogens with two attached hydrogens (primary N) is 1. The van der Waals surface area contributed by atoms with E-state index in [9.17, 15) is 9.59 Å². The number of nitrogen functional groups attached to an aromatic ring is 1. The molecule has 1 amide bonds. The van der Waals surface area contributed by atoms with E-state index in [2.05, 4.69) is 15.6 Å². The van der Waals surface area contributed by atoms with Crippen LogP contribution in [0.25, 0.3) is 11.1 Å². The Labute approximate surface area is 121 Å². The van der Waals surface area contributed by atoms with Crippen LogP contribution in [0.4, 0.5) is 11.4 Å². The molecule has 0 aliphatic carbocycles. The zero-order chi connectivity index (χ0) is 15.6. The number of fused-ring (bicyclic) bond motifs is 1. The van der Waals surface area contributed by atoms with Crippen LogP contribution in [0.1, 0.15) is 20.8 Å². The highest BCUT2D eigenvalue weighted by atomic mass is 16.4. The van der Waals surface area contributed by atoms with Gasteiger partial charge in [0.05, 0.1) is 16.9 Å². The van der Waals surface area contributed by atoms with E-state index in [1.165, 1.54) is 0 Å². The molecule has 7 heteroatoms. The van der Waals surface area contributed by atoms with Crippen LogP contribution in [0.3, 0.4) is 0 Å². The molecule has 114 valence electrons. The average Bonchev–Trinajstić information content (AvgIpc) is 2.75. The van der Waals surface area contributed by atoms with Gasteiger partial charge in [0.2, 0.25) is 5.91 Å². The Morgan fingerprint density at radius 3 is 2.76 bits per heavy atom. The number of H-pyrrole nitrogens is 1. The van der Waals surface area contributed by atoms with Crippen molar-refractivity contribution in [3.63, 3.8) is 0 Å². The molecule has 2 rings (SSSR count). The number of carbonyl (C=O) groups excluding carboxylic acids is 1. The summed E-state index contributed by atoms with van der Waals surface area (Å²) in [5.41, 5.74) is 7.81. The van der Waals surface area contributed by atoms with Crippen LogP contribution in [0.5, 0.6) is 0 Å². The molecule has 1 heterocycles. The molecule has 1 unspecified atom stereocenters. The second-order valence-electron chi connectivity index (χ2n) is 5.46. The molecule has 0 saturated carbocycles. The third-order valence-electron chi connectivity index (χ3n) is 3.04. The fourth-order valence-corrected chi connectivity index (χ4v) is 1.89. The maximum atomic E-state index is 11.9. The minimum Gasteiger partial charge on any atom is -0.408 e. The predicted octanol–water partition coefficient (Wildman–Crippen LogP) is 1.28. The molecule has 0 aliphatic rings. The predicted molar refractivity (Wildman–Crippen MR) is 82.2 cm³/mol. The van der Waals surface area contributed by atoms with Crippen LogP contribution in [0.2, 0.25) is 0 Å². The van der Waals surface area contributed by atoms with E-state index in [4.69, 9.17) is 10.2 Å². The summed E-state index contributed by atoms with van der Waals surface area (Å²) >= 11 is 0. The van der Waals surface area contributed by atoms with E-state index >= 15 is 0 Å². The van der Waals surface area contributed by atoms with Gasteiger partial charge in [-0.15, -0.1) is 0 Å². The number of hydrogen-bond donors (Lipinski definition) is 4. The number of carbonyl (C=O) groups is 1. The lowest BCUT2D eigenvalue weighted by Gasteiger charge is -2.17. The Hall–Kier alpha value is -2.44. The van der Waals surface area contributed by atoms with Gasteiger partial charge in [-0.3, -0.25) is 9.78 Å². The smallest absolute Gasteiger partial charge is 0.408 e. The van der Waals surface area contributed by atoms with Crippen LogP contribution in [0.15, 0.2) is 21.3 Å². The van der Waals surface area contributed by atoms with Gasteiger partial charge in [-0.25, -0.2) is 4.79 Å². The maximum Gasteiger partial charge on any atom is 0.417 e. The molecule has 0 fully saturated rings. The number of aromatic nitrogens is 1. The molecule has 21 heavy (non-hydrogen) atoms. The Kier molecular flexibility index (Phi) is 4.21. The fourth-order valence-electron chi connectivity index (χ4n) is 1.89. The highest BCUT2D eigenvalue weighted by molar-refractivity contribution is 5.89. The van der Waals surface area contributed by atoms with Crippen molar-refractivity contribution in [3.05, 3.63) is 22.7 Å². The monoisotopic (exact) mass is 292 g/mol. The van der Waals surface area contributed by atoms with Gasteiger partial charge < -0.3 is 20.8 Å². The second kappa shape index (κ2) is 5.90. The third kappa shape index (κ3) is 3.56. The van der Waals surface area contributed by atoms with Crippen LogP contribution >= 0.6 is 0 Å². The number of anilines is 2. The highest BCUT2D eigenvalue weighted by Gasteiger charge is 2.15. The van der Waals surface area contributed by atoms with Gasteiger partial charge in [-0.1, -0.05) is 13.8 Å². The SMILES string of the molecule is CC(C)CNC(=O)C(C)Nc1cc2[nH]c(=O)oc2cc1N. The second-order valence-corrected chi connectivity index (χ2v) is 5.46. The lowest BCUT2D eigenvalue weighted by atomic mass is 10.2. The average molecular weight is 292 g/mol. The summed E-state index contributed by atoms with van der Waals surface area (Å²) in [7, 11) is 0. The molecule has 1 atom stereocenters. The Morgan fingerprint density at radius 1 is 1.38 bits per heavy atom.